The second kappa shape index (κ2) is 7.37. The van der Waals surface area contributed by atoms with Crippen LogP contribution in [0.1, 0.15) is 5.56 Å². The van der Waals surface area contributed by atoms with E-state index in [1.54, 1.807) is 11.3 Å². The van der Waals surface area contributed by atoms with Gasteiger partial charge in [0.05, 0.1) is 0 Å². The van der Waals surface area contributed by atoms with Crippen molar-refractivity contribution in [1.29, 1.82) is 0 Å². The fraction of sp³-hybridized carbons (Fsp3) is 0.0435. The van der Waals surface area contributed by atoms with E-state index < -0.39 is 0 Å². The lowest BCUT2D eigenvalue weighted by Gasteiger charge is -2.10. The van der Waals surface area contributed by atoms with Crippen LogP contribution in [-0.2, 0) is 6.61 Å². The van der Waals surface area contributed by atoms with Gasteiger partial charge in [-0.25, -0.2) is 0 Å². The lowest BCUT2D eigenvalue weighted by molar-refractivity contribution is 0.317. The summed E-state index contributed by atoms with van der Waals surface area (Å²) in [5.74, 6) is 0. The van der Waals surface area contributed by atoms with Crippen LogP contribution in [0, 0.1) is 0 Å². The van der Waals surface area contributed by atoms with E-state index in [4.69, 9.17) is 4.74 Å². The second-order valence-corrected chi connectivity index (χ2v) is 6.66. The van der Waals surface area contributed by atoms with Crippen LogP contribution >= 0.6 is 11.3 Å². The second-order valence-electron chi connectivity index (χ2n) is 5.82. The van der Waals surface area contributed by atoms with Gasteiger partial charge in [0, 0.05) is 16.5 Å². The zero-order valence-electron chi connectivity index (χ0n) is 13.8. The lowest BCUT2D eigenvalue weighted by atomic mass is 9.99. The van der Waals surface area contributed by atoms with Crippen molar-refractivity contribution in [3.8, 4) is 27.3 Å². The maximum atomic E-state index is 6.20. The molecule has 0 aliphatic rings. The highest BCUT2D eigenvalue weighted by Gasteiger charge is 2.16. The van der Waals surface area contributed by atoms with Crippen molar-refractivity contribution in [1.82, 2.24) is 0 Å². The molecule has 1 heterocycles. The van der Waals surface area contributed by atoms with Crippen LogP contribution in [0.3, 0.4) is 0 Å². The van der Waals surface area contributed by atoms with Crippen LogP contribution in [-0.4, -0.2) is 0 Å². The summed E-state index contributed by atoms with van der Waals surface area (Å²) < 4.78 is 6.20. The largest absolute Gasteiger partial charge is 0.479 e. The average Bonchev–Trinajstić information content (AvgIpc) is 3.12. The van der Waals surface area contributed by atoms with E-state index in [0.717, 1.165) is 5.06 Å². The van der Waals surface area contributed by atoms with Crippen LogP contribution in [0.4, 0.5) is 0 Å². The number of benzene rings is 3. The summed E-state index contributed by atoms with van der Waals surface area (Å²) in [5, 5.41) is 3.16. The van der Waals surface area contributed by atoms with Crippen LogP contribution < -0.4 is 4.74 Å². The van der Waals surface area contributed by atoms with Crippen LogP contribution in [0.5, 0.6) is 5.06 Å². The van der Waals surface area contributed by atoms with Gasteiger partial charge < -0.3 is 4.74 Å². The quantitative estimate of drug-likeness (QED) is 0.394. The Kier molecular flexibility index (Phi) is 4.62. The van der Waals surface area contributed by atoms with E-state index in [9.17, 15) is 0 Å². The molecule has 0 amide bonds. The molecular formula is C23H18OS. The molecule has 4 aromatic rings. The molecule has 1 aromatic heterocycles. The molecule has 0 bridgehead atoms. The Morgan fingerprint density at radius 2 is 1.20 bits per heavy atom. The summed E-state index contributed by atoms with van der Waals surface area (Å²) in [6.45, 7) is 0.579. The Balaban J connectivity index is 1.73. The molecule has 25 heavy (non-hydrogen) atoms. The van der Waals surface area contributed by atoms with Crippen molar-refractivity contribution in [2.45, 2.75) is 6.61 Å². The lowest BCUT2D eigenvalue weighted by Crippen LogP contribution is -1.94. The maximum Gasteiger partial charge on any atom is 0.182 e. The van der Waals surface area contributed by atoms with Gasteiger partial charge in [-0.05, 0) is 16.7 Å². The fourth-order valence-electron chi connectivity index (χ4n) is 2.88. The normalized spacial score (nSPS) is 10.6. The average molecular weight is 342 g/mol. The molecule has 0 fully saturated rings. The molecule has 0 saturated carbocycles. The SMILES string of the molecule is c1ccc(COc2scc(-c3ccccc3)c2-c2ccccc2)cc1. The first-order valence-electron chi connectivity index (χ1n) is 8.31. The first-order chi connectivity index (χ1) is 12.4. The highest BCUT2D eigenvalue weighted by Crippen LogP contribution is 2.44. The molecule has 122 valence electrons. The minimum Gasteiger partial charge on any atom is -0.479 e. The fourth-order valence-corrected chi connectivity index (χ4v) is 3.83. The molecule has 0 saturated heterocycles. The summed E-state index contributed by atoms with van der Waals surface area (Å²) in [7, 11) is 0. The third kappa shape index (κ3) is 3.49. The summed E-state index contributed by atoms with van der Waals surface area (Å²) in [5.41, 5.74) is 5.97. The zero-order valence-corrected chi connectivity index (χ0v) is 14.6. The van der Waals surface area contributed by atoms with Crippen molar-refractivity contribution in [3.05, 3.63) is 102 Å². The molecule has 0 aliphatic carbocycles. The highest BCUT2D eigenvalue weighted by atomic mass is 32.1. The summed E-state index contributed by atoms with van der Waals surface area (Å²) in [6.07, 6.45) is 0. The maximum absolute atomic E-state index is 6.20. The van der Waals surface area contributed by atoms with Gasteiger partial charge in [0.25, 0.3) is 0 Å². The van der Waals surface area contributed by atoms with Gasteiger partial charge in [-0.1, -0.05) is 91.0 Å². The van der Waals surface area contributed by atoms with Crippen molar-refractivity contribution < 1.29 is 4.74 Å². The Morgan fingerprint density at radius 3 is 1.84 bits per heavy atom. The van der Waals surface area contributed by atoms with Gasteiger partial charge in [-0.15, -0.1) is 11.3 Å². The molecular weight excluding hydrogens is 324 g/mol. The van der Waals surface area contributed by atoms with Crippen molar-refractivity contribution in [2.75, 3.05) is 0 Å². The van der Waals surface area contributed by atoms with Gasteiger partial charge in [-0.2, -0.15) is 0 Å². The number of rotatable bonds is 5. The summed E-state index contributed by atoms with van der Waals surface area (Å²) in [6, 6.07) is 31.3. The Hall–Kier alpha value is -2.84. The standard InChI is InChI=1S/C23H18OS/c1-4-10-18(11-5-1)16-24-23-22(20-14-8-3-9-15-20)21(17-25-23)19-12-6-2-7-13-19/h1-15,17H,16H2. The Labute approximate surface area is 152 Å². The molecule has 3 aromatic carbocycles. The van der Waals surface area contributed by atoms with Gasteiger partial charge in [0.15, 0.2) is 5.06 Å². The van der Waals surface area contributed by atoms with E-state index in [1.807, 2.05) is 30.3 Å². The summed E-state index contributed by atoms with van der Waals surface area (Å²) in [4.78, 5) is 0. The highest BCUT2D eigenvalue weighted by molar-refractivity contribution is 7.13. The third-order valence-corrected chi connectivity index (χ3v) is 5.01. The smallest absolute Gasteiger partial charge is 0.182 e. The van der Waals surface area contributed by atoms with E-state index >= 15 is 0 Å². The minimum absolute atomic E-state index is 0.579. The van der Waals surface area contributed by atoms with E-state index in [-0.39, 0.29) is 0 Å². The summed E-state index contributed by atoms with van der Waals surface area (Å²) >= 11 is 1.66. The molecule has 0 atom stereocenters. The van der Waals surface area contributed by atoms with Gasteiger partial charge in [0.2, 0.25) is 0 Å². The molecule has 0 radical (unpaired) electrons. The minimum atomic E-state index is 0.579. The topological polar surface area (TPSA) is 9.23 Å². The predicted octanol–water partition coefficient (Wildman–Crippen LogP) is 6.66. The van der Waals surface area contributed by atoms with Crippen molar-refractivity contribution >= 4 is 11.3 Å². The molecule has 2 heteroatoms. The molecule has 0 unspecified atom stereocenters. The van der Waals surface area contributed by atoms with Gasteiger partial charge in [0.1, 0.15) is 6.61 Å². The Bertz CT molecular complexity index is 928. The number of thiophene rings is 1. The molecule has 1 nitrogen and oxygen atoms in total. The molecule has 4 rings (SSSR count). The molecule has 0 N–H and O–H groups in total. The van der Waals surface area contributed by atoms with E-state index in [2.05, 4.69) is 66.0 Å². The van der Waals surface area contributed by atoms with Crippen molar-refractivity contribution in [3.63, 3.8) is 0 Å². The molecule has 0 spiro atoms. The number of ether oxygens (including phenoxy) is 1. The van der Waals surface area contributed by atoms with Gasteiger partial charge >= 0.3 is 0 Å². The van der Waals surface area contributed by atoms with Crippen LogP contribution in [0.2, 0.25) is 0 Å². The predicted molar refractivity (Wildman–Crippen MR) is 106 cm³/mol. The molecule has 0 aliphatic heterocycles. The van der Waals surface area contributed by atoms with Crippen LogP contribution in [0.25, 0.3) is 22.3 Å². The monoisotopic (exact) mass is 342 g/mol. The van der Waals surface area contributed by atoms with E-state index in [0.29, 0.717) is 6.61 Å². The number of hydrogen-bond donors (Lipinski definition) is 0. The first kappa shape index (κ1) is 15.7. The Morgan fingerprint density at radius 1 is 0.640 bits per heavy atom. The van der Waals surface area contributed by atoms with Crippen molar-refractivity contribution in [2.24, 2.45) is 0 Å². The zero-order chi connectivity index (χ0) is 16.9. The van der Waals surface area contributed by atoms with Gasteiger partial charge in [-0.3, -0.25) is 0 Å². The van der Waals surface area contributed by atoms with Crippen LogP contribution in [0.15, 0.2) is 96.4 Å². The van der Waals surface area contributed by atoms with E-state index in [1.165, 1.54) is 27.8 Å². The first-order valence-corrected chi connectivity index (χ1v) is 9.19. The third-order valence-electron chi connectivity index (χ3n) is 4.12. The number of hydrogen-bond acceptors (Lipinski definition) is 2.